The van der Waals surface area contributed by atoms with Gasteiger partial charge in [-0.3, -0.25) is 0 Å². The van der Waals surface area contributed by atoms with E-state index in [0.29, 0.717) is 22.1 Å². The molecule has 0 aliphatic heterocycles. The van der Waals surface area contributed by atoms with Crippen LogP contribution in [-0.2, 0) is 0 Å². The number of hydrogen-bond donors (Lipinski definition) is 1. The molecule has 0 heterocycles. The number of aryl methyl sites for hydroxylation is 1. The van der Waals surface area contributed by atoms with Crippen LogP contribution in [0.5, 0.6) is 5.75 Å². The second kappa shape index (κ2) is 8.55. The van der Waals surface area contributed by atoms with Gasteiger partial charge in [0, 0.05) is 16.7 Å². The van der Waals surface area contributed by atoms with Crippen LogP contribution in [0.25, 0.3) is 5.76 Å². The molecule has 0 aliphatic rings. The summed E-state index contributed by atoms with van der Waals surface area (Å²) in [6.45, 7) is 1.99. The molecule has 4 heteroatoms. The summed E-state index contributed by atoms with van der Waals surface area (Å²) in [6, 6.07) is 24.0. The van der Waals surface area contributed by atoms with E-state index in [1.54, 1.807) is 24.3 Å². The minimum atomic E-state index is -0.856. The summed E-state index contributed by atoms with van der Waals surface area (Å²) < 4.78 is 6.01. The van der Waals surface area contributed by atoms with Gasteiger partial charge in [-0.05, 0) is 30.7 Å². The maximum Gasteiger partial charge on any atom is 0.146 e. The highest BCUT2D eigenvalue weighted by molar-refractivity contribution is 6.30. The van der Waals surface area contributed by atoms with Crippen LogP contribution in [0.2, 0.25) is 5.02 Å². The molecule has 0 bridgehead atoms. The molecule has 0 saturated carbocycles. The first-order valence-corrected chi connectivity index (χ1v) is 8.84. The van der Waals surface area contributed by atoms with Crippen LogP contribution in [0, 0.1) is 18.3 Å². The maximum absolute atomic E-state index is 10.7. The van der Waals surface area contributed by atoms with Crippen molar-refractivity contribution in [3.63, 3.8) is 0 Å². The molecule has 3 nitrogen and oxygen atoms in total. The van der Waals surface area contributed by atoms with Crippen LogP contribution in [0.1, 0.15) is 28.4 Å². The lowest BCUT2D eigenvalue weighted by atomic mass is 10.0. The summed E-state index contributed by atoms with van der Waals surface area (Å²) in [5.74, 6) is 0.790. The molecule has 0 aliphatic carbocycles. The highest BCUT2D eigenvalue weighted by Gasteiger charge is 2.13. The van der Waals surface area contributed by atoms with Gasteiger partial charge >= 0.3 is 0 Å². The topological polar surface area (TPSA) is 53.2 Å². The van der Waals surface area contributed by atoms with E-state index >= 15 is 0 Å². The van der Waals surface area contributed by atoms with Crippen molar-refractivity contribution in [1.29, 1.82) is 5.26 Å². The molecule has 1 unspecified atom stereocenters. The normalized spacial score (nSPS) is 12.3. The van der Waals surface area contributed by atoms with E-state index in [4.69, 9.17) is 16.3 Å². The number of nitriles is 1. The van der Waals surface area contributed by atoms with E-state index < -0.39 is 6.10 Å². The smallest absolute Gasteiger partial charge is 0.146 e. The van der Waals surface area contributed by atoms with Crippen molar-refractivity contribution >= 4 is 17.4 Å². The number of hydrogen-bond acceptors (Lipinski definition) is 3. The zero-order valence-electron chi connectivity index (χ0n) is 14.8. The molecule has 1 N–H and O–H groups in total. The molecular weight excluding hydrogens is 358 g/mol. The van der Waals surface area contributed by atoms with Crippen molar-refractivity contribution in [1.82, 2.24) is 0 Å². The van der Waals surface area contributed by atoms with Gasteiger partial charge in [-0.1, -0.05) is 71.8 Å². The third-order valence-corrected chi connectivity index (χ3v) is 4.31. The van der Waals surface area contributed by atoms with Crippen molar-refractivity contribution in [3.05, 3.63) is 106 Å². The second-order valence-corrected chi connectivity index (χ2v) is 6.54. The van der Waals surface area contributed by atoms with Crippen LogP contribution in [0.4, 0.5) is 0 Å². The van der Waals surface area contributed by atoms with Gasteiger partial charge in [-0.2, -0.15) is 5.26 Å². The van der Waals surface area contributed by atoms with Crippen LogP contribution >= 0.6 is 11.6 Å². The Morgan fingerprint density at radius 3 is 2.44 bits per heavy atom. The molecule has 27 heavy (non-hydrogen) atoms. The van der Waals surface area contributed by atoms with E-state index in [-0.39, 0.29) is 0 Å². The van der Waals surface area contributed by atoms with Crippen LogP contribution in [0.15, 0.2) is 78.9 Å². The van der Waals surface area contributed by atoms with Crippen LogP contribution in [-0.4, -0.2) is 5.11 Å². The summed E-state index contributed by atoms with van der Waals surface area (Å²) in [5.41, 5.74) is 3.02. The molecule has 0 saturated heterocycles. The van der Waals surface area contributed by atoms with Crippen LogP contribution < -0.4 is 4.74 Å². The lowest BCUT2D eigenvalue weighted by Gasteiger charge is -2.15. The first-order valence-electron chi connectivity index (χ1n) is 8.46. The molecule has 3 aromatic rings. The SMILES string of the molecule is Cc1ccc(C(O)/C=C(\Oc2cc(Cl)ccc2C#N)c2ccccc2)cc1. The fourth-order valence-electron chi connectivity index (χ4n) is 2.59. The van der Waals surface area contributed by atoms with Gasteiger partial charge in [0.1, 0.15) is 23.7 Å². The molecule has 0 amide bonds. The maximum atomic E-state index is 10.7. The van der Waals surface area contributed by atoms with Gasteiger partial charge in [-0.25, -0.2) is 0 Å². The average Bonchev–Trinajstić information content (AvgIpc) is 2.69. The monoisotopic (exact) mass is 375 g/mol. The summed E-state index contributed by atoms with van der Waals surface area (Å²) in [4.78, 5) is 0. The Morgan fingerprint density at radius 2 is 1.78 bits per heavy atom. The number of rotatable bonds is 5. The fraction of sp³-hybridized carbons (Fsp3) is 0.0870. The Labute approximate surface area is 163 Å². The number of aliphatic hydroxyl groups excluding tert-OH is 1. The van der Waals surface area contributed by atoms with Gasteiger partial charge in [0.25, 0.3) is 0 Å². The largest absolute Gasteiger partial charge is 0.456 e. The fourth-order valence-corrected chi connectivity index (χ4v) is 2.75. The molecule has 0 fully saturated rings. The molecule has 0 aromatic heterocycles. The lowest BCUT2D eigenvalue weighted by molar-refractivity contribution is 0.227. The third-order valence-electron chi connectivity index (χ3n) is 4.07. The van der Waals surface area contributed by atoms with Gasteiger partial charge in [0.15, 0.2) is 0 Å². The molecular formula is C23H18ClNO2. The Balaban J connectivity index is 2.01. The quantitative estimate of drug-likeness (QED) is 0.584. The van der Waals surface area contributed by atoms with E-state index in [1.165, 1.54) is 0 Å². The minimum absolute atomic E-state index is 0.344. The summed E-state index contributed by atoms with van der Waals surface area (Å²) >= 11 is 6.06. The zero-order chi connectivity index (χ0) is 19.2. The van der Waals surface area contributed by atoms with Crippen molar-refractivity contribution in [2.45, 2.75) is 13.0 Å². The van der Waals surface area contributed by atoms with Gasteiger partial charge < -0.3 is 9.84 Å². The van der Waals surface area contributed by atoms with Crippen molar-refractivity contribution < 1.29 is 9.84 Å². The number of halogens is 1. The van der Waals surface area contributed by atoms with Crippen molar-refractivity contribution in [3.8, 4) is 11.8 Å². The molecule has 0 spiro atoms. The average molecular weight is 376 g/mol. The molecule has 1 atom stereocenters. The summed E-state index contributed by atoms with van der Waals surface area (Å²) in [5, 5.41) is 20.5. The Kier molecular flexibility index (Phi) is 5.93. The Hall–Kier alpha value is -3.06. The molecule has 3 aromatic carbocycles. The van der Waals surface area contributed by atoms with E-state index in [1.807, 2.05) is 61.5 Å². The minimum Gasteiger partial charge on any atom is -0.456 e. The Morgan fingerprint density at radius 1 is 1.07 bits per heavy atom. The molecule has 3 rings (SSSR count). The summed E-state index contributed by atoms with van der Waals surface area (Å²) in [7, 11) is 0. The number of nitrogens with zero attached hydrogens (tertiary/aromatic N) is 1. The molecule has 0 radical (unpaired) electrons. The zero-order valence-corrected chi connectivity index (χ0v) is 15.5. The van der Waals surface area contributed by atoms with E-state index in [0.717, 1.165) is 16.7 Å². The highest BCUT2D eigenvalue weighted by atomic mass is 35.5. The first-order chi connectivity index (χ1) is 13.1. The first kappa shape index (κ1) is 18.7. The van der Waals surface area contributed by atoms with E-state index in [2.05, 4.69) is 6.07 Å². The van der Waals surface area contributed by atoms with Gasteiger partial charge in [-0.15, -0.1) is 0 Å². The van der Waals surface area contributed by atoms with E-state index in [9.17, 15) is 10.4 Å². The standard InChI is InChI=1S/C23H18ClNO2/c1-16-7-9-17(10-8-16)21(26)14-23(18-5-3-2-4-6-18)27-22-13-20(24)12-11-19(22)15-25/h2-14,21,26H,1H3/b23-14-. The summed E-state index contributed by atoms with van der Waals surface area (Å²) in [6.07, 6.45) is 0.771. The van der Waals surface area contributed by atoms with Crippen molar-refractivity contribution in [2.75, 3.05) is 0 Å². The number of benzene rings is 3. The predicted molar refractivity (Wildman–Crippen MR) is 107 cm³/mol. The van der Waals surface area contributed by atoms with Gasteiger partial charge in [0.05, 0.1) is 5.56 Å². The van der Waals surface area contributed by atoms with Crippen LogP contribution in [0.3, 0.4) is 0 Å². The third kappa shape index (κ3) is 4.77. The van der Waals surface area contributed by atoms with Crippen molar-refractivity contribution in [2.24, 2.45) is 0 Å². The Bertz CT molecular complexity index is 989. The van der Waals surface area contributed by atoms with Gasteiger partial charge in [0.2, 0.25) is 0 Å². The predicted octanol–water partition coefficient (Wildman–Crippen LogP) is 5.67. The lowest BCUT2D eigenvalue weighted by Crippen LogP contribution is -2.01. The highest BCUT2D eigenvalue weighted by Crippen LogP contribution is 2.29. The second-order valence-electron chi connectivity index (χ2n) is 6.11. The number of ether oxygens (including phenoxy) is 1. The molecule has 134 valence electrons. The number of aliphatic hydroxyl groups is 1.